The molecule has 0 aliphatic rings. The maximum absolute atomic E-state index is 10.5. The Labute approximate surface area is 83.1 Å². The van der Waals surface area contributed by atoms with E-state index in [1.54, 1.807) is 12.1 Å². The van der Waals surface area contributed by atoms with E-state index in [4.69, 9.17) is 5.73 Å². The first-order chi connectivity index (χ1) is 5.66. The van der Waals surface area contributed by atoms with Crippen molar-refractivity contribution < 1.29 is 4.92 Å². The third-order valence-corrected chi connectivity index (χ3v) is 2.30. The Bertz CT molecular complexity index is 314. The van der Waals surface area contributed by atoms with Crippen molar-refractivity contribution in [3.8, 4) is 0 Å². The zero-order valence-electron chi connectivity index (χ0n) is 6.16. The van der Waals surface area contributed by atoms with E-state index in [9.17, 15) is 10.1 Å². The number of anilines is 1. The highest BCUT2D eigenvalue weighted by Gasteiger charge is 2.15. The molecule has 1 aromatic rings. The van der Waals surface area contributed by atoms with Gasteiger partial charge >= 0.3 is 0 Å². The summed E-state index contributed by atoms with van der Waals surface area (Å²) in [5, 5.41) is 10.5. The zero-order valence-corrected chi connectivity index (χ0v) is 8.32. The second-order valence-corrected chi connectivity index (χ2v) is 3.01. The molecule has 2 N–H and O–H groups in total. The average molecular weight is 278 g/mol. The van der Waals surface area contributed by atoms with Crippen molar-refractivity contribution >= 4 is 34.0 Å². The standard InChI is InChI=1S/C7H7IN2O2/c8-4-5-2-1-3-6(9)7(5)10(11)12/h1-3H,4,9H2. The first-order valence-electron chi connectivity index (χ1n) is 3.24. The molecule has 64 valence electrons. The molecule has 0 radical (unpaired) electrons. The SMILES string of the molecule is Nc1cccc(CI)c1[N+](=O)[O-]. The van der Waals surface area contributed by atoms with E-state index in [1.807, 2.05) is 0 Å². The first kappa shape index (κ1) is 9.24. The van der Waals surface area contributed by atoms with Gasteiger partial charge in [0.25, 0.3) is 5.69 Å². The van der Waals surface area contributed by atoms with E-state index in [-0.39, 0.29) is 11.4 Å². The van der Waals surface area contributed by atoms with Gasteiger partial charge in [-0.2, -0.15) is 0 Å². The number of nitro groups is 1. The van der Waals surface area contributed by atoms with Crippen molar-refractivity contribution in [1.29, 1.82) is 0 Å². The Morgan fingerprint density at radius 2 is 2.25 bits per heavy atom. The maximum Gasteiger partial charge on any atom is 0.296 e. The van der Waals surface area contributed by atoms with E-state index >= 15 is 0 Å². The lowest BCUT2D eigenvalue weighted by molar-refractivity contribution is -0.384. The summed E-state index contributed by atoms with van der Waals surface area (Å²) in [5.41, 5.74) is 6.38. The second kappa shape index (κ2) is 3.70. The number of nitrogens with zero attached hydrogens (tertiary/aromatic N) is 1. The molecule has 0 spiro atoms. The highest BCUT2D eigenvalue weighted by molar-refractivity contribution is 14.1. The monoisotopic (exact) mass is 278 g/mol. The summed E-state index contributed by atoms with van der Waals surface area (Å²) in [7, 11) is 0. The molecular weight excluding hydrogens is 271 g/mol. The highest BCUT2D eigenvalue weighted by atomic mass is 127. The number of hydrogen-bond donors (Lipinski definition) is 1. The lowest BCUT2D eigenvalue weighted by Gasteiger charge is -2.00. The van der Waals surface area contributed by atoms with Crippen molar-refractivity contribution in [2.75, 3.05) is 5.73 Å². The Balaban J connectivity index is 3.29. The number of rotatable bonds is 2. The van der Waals surface area contributed by atoms with E-state index in [0.29, 0.717) is 9.99 Å². The molecule has 4 nitrogen and oxygen atoms in total. The molecule has 1 aromatic carbocycles. The normalized spacial score (nSPS) is 9.75. The summed E-state index contributed by atoms with van der Waals surface area (Å²) in [5.74, 6) is 0. The molecule has 1 rings (SSSR count). The predicted molar refractivity (Wildman–Crippen MR) is 55.2 cm³/mol. The van der Waals surface area contributed by atoms with Crippen LogP contribution < -0.4 is 5.73 Å². The fourth-order valence-electron chi connectivity index (χ4n) is 0.942. The zero-order chi connectivity index (χ0) is 9.14. The van der Waals surface area contributed by atoms with Gasteiger partial charge in [-0.1, -0.05) is 34.7 Å². The molecule has 0 atom stereocenters. The number of hydrogen-bond acceptors (Lipinski definition) is 3. The Morgan fingerprint density at radius 3 is 2.67 bits per heavy atom. The number of alkyl halides is 1. The molecule has 0 fully saturated rings. The molecule has 0 aliphatic heterocycles. The predicted octanol–water partition coefficient (Wildman–Crippen LogP) is 2.11. The summed E-state index contributed by atoms with van der Waals surface area (Å²) < 4.78 is 0.596. The van der Waals surface area contributed by atoms with Gasteiger partial charge < -0.3 is 5.73 Å². The van der Waals surface area contributed by atoms with Crippen LogP contribution in [0, 0.1) is 10.1 Å². The van der Waals surface area contributed by atoms with E-state index in [1.165, 1.54) is 6.07 Å². The van der Waals surface area contributed by atoms with Gasteiger partial charge in [-0.15, -0.1) is 0 Å². The van der Waals surface area contributed by atoms with Crippen LogP contribution in [0.4, 0.5) is 11.4 Å². The van der Waals surface area contributed by atoms with Gasteiger partial charge in [0.2, 0.25) is 0 Å². The van der Waals surface area contributed by atoms with Crippen molar-refractivity contribution in [1.82, 2.24) is 0 Å². The van der Waals surface area contributed by atoms with Gasteiger partial charge in [0.05, 0.1) is 4.92 Å². The second-order valence-electron chi connectivity index (χ2n) is 2.25. The summed E-state index contributed by atoms with van der Waals surface area (Å²) in [6.45, 7) is 0. The van der Waals surface area contributed by atoms with Gasteiger partial charge in [-0.05, 0) is 6.07 Å². The van der Waals surface area contributed by atoms with Crippen LogP contribution in [0.25, 0.3) is 0 Å². The Morgan fingerprint density at radius 1 is 1.58 bits per heavy atom. The molecular formula is C7H7IN2O2. The molecule has 0 unspecified atom stereocenters. The lowest BCUT2D eigenvalue weighted by atomic mass is 10.2. The van der Waals surface area contributed by atoms with Gasteiger partial charge in [0, 0.05) is 9.99 Å². The molecule has 0 bridgehead atoms. The van der Waals surface area contributed by atoms with E-state index in [0.717, 1.165) is 0 Å². The van der Waals surface area contributed by atoms with Crippen molar-refractivity contribution in [3.63, 3.8) is 0 Å². The first-order valence-corrected chi connectivity index (χ1v) is 4.77. The van der Waals surface area contributed by atoms with Gasteiger partial charge in [0.1, 0.15) is 5.69 Å². The van der Waals surface area contributed by atoms with Crippen LogP contribution >= 0.6 is 22.6 Å². The minimum absolute atomic E-state index is 0.0342. The summed E-state index contributed by atoms with van der Waals surface area (Å²) in [4.78, 5) is 10.1. The van der Waals surface area contributed by atoms with Crippen LogP contribution in [0.15, 0.2) is 18.2 Å². The number of benzene rings is 1. The molecule has 12 heavy (non-hydrogen) atoms. The third kappa shape index (κ3) is 1.66. The summed E-state index contributed by atoms with van der Waals surface area (Å²) in [6.07, 6.45) is 0. The third-order valence-electron chi connectivity index (χ3n) is 1.48. The Hall–Kier alpha value is -0.850. The number of halogens is 1. The topological polar surface area (TPSA) is 69.2 Å². The smallest absolute Gasteiger partial charge is 0.296 e. The molecule has 0 heterocycles. The van der Waals surface area contributed by atoms with Crippen LogP contribution in [0.5, 0.6) is 0 Å². The summed E-state index contributed by atoms with van der Waals surface area (Å²) in [6, 6.07) is 4.96. The number of para-hydroxylation sites is 1. The molecule has 0 aromatic heterocycles. The quantitative estimate of drug-likeness (QED) is 0.296. The minimum atomic E-state index is -0.441. The van der Waals surface area contributed by atoms with Gasteiger partial charge in [0.15, 0.2) is 0 Å². The number of nitrogens with two attached hydrogens (primary N) is 1. The summed E-state index contributed by atoms with van der Waals surface area (Å²) >= 11 is 2.07. The maximum atomic E-state index is 10.5. The van der Waals surface area contributed by atoms with Crippen molar-refractivity contribution in [2.24, 2.45) is 0 Å². The number of nitro benzene ring substituents is 1. The molecule has 5 heteroatoms. The largest absolute Gasteiger partial charge is 0.393 e. The highest BCUT2D eigenvalue weighted by Crippen LogP contribution is 2.27. The lowest BCUT2D eigenvalue weighted by Crippen LogP contribution is -1.98. The molecule has 0 saturated heterocycles. The number of nitrogen functional groups attached to an aromatic ring is 1. The van der Waals surface area contributed by atoms with Crippen LogP contribution in [0.3, 0.4) is 0 Å². The van der Waals surface area contributed by atoms with Crippen molar-refractivity contribution in [2.45, 2.75) is 4.43 Å². The average Bonchev–Trinajstić information content (AvgIpc) is 2.03. The van der Waals surface area contributed by atoms with Gasteiger partial charge in [-0.25, -0.2) is 0 Å². The van der Waals surface area contributed by atoms with Crippen LogP contribution in [0.1, 0.15) is 5.56 Å². The van der Waals surface area contributed by atoms with Crippen molar-refractivity contribution in [3.05, 3.63) is 33.9 Å². The Kier molecular flexibility index (Phi) is 2.85. The molecule has 0 aliphatic carbocycles. The molecule has 0 amide bonds. The van der Waals surface area contributed by atoms with Crippen LogP contribution in [-0.2, 0) is 4.43 Å². The fourth-order valence-corrected chi connectivity index (χ4v) is 1.56. The minimum Gasteiger partial charge on any atom is -0.393 e. The van der Waals surface area contributed by atoms with E-state index in [2.05, 4.69) is 22.6 Å². The van der Waals surface area contributed by atoms with Gasteiger partial charge in [-0.3, -0.25) is 10.1 Å². The van der Waals surface area contributed by atoms with E-state index < -0.39 is 4.92 Å². The fraction of sp³-hybridized carbons (Fsp3) is 0.143. The van der Waals surface area contributed by atoms with Crippen LogP contribution in [-0.4, -0.2) is 4.92 Å². The van der Waals surface area contributed by atoms with Crippen LogP contribution in [0.2, 0.25) is 0 Å². The molecule has 0 saturated carbocycles.